The van der Waals surface area contributed by atoms with Crippen LogP contribution >= 0.6 is 25.3 Å². The van der Waals surface area contributed by atoms with E-state index in [0.717, 1.165) is 9.79 Å². The Hall–Kier alpha value is -2.94. The van der Waals surface area contributed by atoms with Crippen LogP contribution in [0.15, 0.2) is 107 Å². The van der Waals surface area contributed by atoms with Gasteiger partial charge in [0.2, 0.25) is 0 Å². The van der Waals surface area contributed by atoms with Crippen LogP contribution in [0, 0.1) is 0 Å². The van der Waals surface area contributed by atoms with E-state index in [4.69, 9.17) is 0 Å². The molecule has 0 fully saturated rings. The summed E-state index contributed by atoms with van der Waals surface area (Å²) >= 11 is 9.27. The lowest BCUT2D eigenvalue weighted by Crippen LogP contribution is -1.92. The first-order chi connectivity index (χ1) is 14.7. The summed E-state index contributed by atoms with van der Waals surface area (Å²) in [5.74, 6) is 0. The third kappa shape index (κ3) is 2.64. The minimum atomic E-state index is 0.967. The molecule has 0 aliphatic heterocycles. The van der Waals surface area contributed by atoms with Gasteiger partial charge in [-0.3, -0.25) is 0 Å². The maximum Gasteiger partial charge on any atom is 0.00461 e. The zero-order valence-electron chi connectivity index (χ0n) is 16.1. The molecule has 6 rings (SSSR count). The lowest BCUT2D eigenvalue weighted by Gasteiger charge is -2.13. The first-order valence-electron chi connectivity index (χ1n) is 9.99. The molecule has 1 aliphatic rings. The van der Waals surface area contributed by atoms with Crippen molar-refractivity contribution in [2.75, 3.05) is 0 Å². The molecule has 0 saturated heterocycles. The van der Waals surface area contributed by atoms with Gasteiger partial charge in [-0.25, -0.2) is 0 Å². The topological polar surface area (TPSA) is 0 Å². The van der Waals surface area contributed by atoms with Crippen LogP contribution < -0.4 is 0 Å². The second-order valence-corrected chi connectivity index (χ2v) is 8.76. The Kier molecular flexibility index (Phi) is 4.05. The van der Waals surface area contributed by atoms with E-state index in [1.54, 1.807) is 0 Å². The Balaban J connectivity index is 1.84. The molecule has 0 heterocycles. The Morgan fingerprint density at radius 3 is 1.87 bits per heavy atom. The van der Waals surface area contributed by atoms with Crippen molar-refractivity contribution in [2.24, 2.45) is 0 Å². The number of hydrogen-bond donors (Lipinski definition) is 2. The van der Waals surface area contributed by atoms with Crippen LogP contribution in [-0.2, 0) is 0 Å². The van der Waals surface area contributed by atoms with E-state index in [1.807, 2.05) is 12.1 Å². The van der Waals surface area contributed by atoms with Crippen molar-refractivity contribution in [1.82, 2.24) is 0 Å². The van der Waals surface area contributed by atoms with Crippen molar-refractivity contribution in [3.63, 3.8) is 0 Å². The van der Waals surface area contributed by atoms with Crippen molar-refractivity contribution in [3.05, 3.63) is 119 Å². The van der Waals surface area contributed by atoms with Gasteiger partial charge in [-0.1, -0.05) is 66.7 Å². The second-order valence-electron chi connectivity index (χ2n) is 7.73. The fraction of sp³-hybridized carbons (Fsp3) is 0. The van der Waals surface area contributed by atoms with Gasteiger partial charge in [0.25, 0.3) is 0 Å². The molecule has 1 aliphatic carbocycles. The van der Waals surface area contributed by atoms with Gasteiger partial charge in [0.1, 0.15) is 0 Å². The zero-order valence-corrected chi connectivity index (χ0v) is 17.9. The molecule has 0 aromatic heterocycles. The fourth-order valence-corrected chi connectivity index (χ4v) is 5.21. The second kappa shape index (κ2) is 6.80. The van der Waals surface area contributed by atoms with Crippen molar-refractivity contribution in [2.45, 2.75) is 9.79 Å². The van der Waals surface area contributed by atoms with E-state index in [9.17, 15) is 0 Å². The van der Waals surface area contributed by atoms with Crippen LogP contribution in [0.25, 0.3) is 32.7 Å². The monoisotopic (exact) mass is 418 g/mol. The average molecular weight is 419 g/mol. The normalized spacial score (nSPS) is 12.9. The summed E-state index contributed by atoms with van der Waals surface area (Å²) in [5, 5.41) is 5.16. The van der Waals surface area contributed by atoms with Gasteiger partial charge in [0, 0.05) is 9.79 Å². The Morgan fingerprint density at radius 2 is 1.13 bits per heavy atom. The largest absolute Gasteiger partial charge is 0.143 e. The quantitative estimate of drug-likeness (QED) is 0.207. The number of benzene rings is 5. The van der Waals surface area contributed by atoms with Crippen molar-refractivity contribution >= 4 is 57.9 Å². The summed E-state index contributed by atoms with van der Waals surface area (Å²) in [6.45, 7) is 0. The molecule has 0 nitrogen and oxygen atoms in total. The van der Waals surface area contributed by atoms with E-state index in [2.05, 4.69) is 110 Å². The molecular formula is C28H18S2. The molecule has 0 radical (unpaired) electrons. The lowest BCUT2D eigenvalue weighted by molar-refractivity contribution is 1.43. The molecular weight excluding hydrogens is 400 g/mol. The van der Waals surface area contributed by atoms with Crippen molar-refractivity contribution < 1.29 is 0 Å². The highest BCUT2D eigenvalue weighted by Crippen LogP contribution is 2.50. The van der Waals surface area contributed by atoms with E-state index in [0.29, 0.717) is 0 Å². The minimum Gasteiger partial charge on any atom is -0.143 e. The van der Waals surface area contributed by atoms with Gasteiger partial charge in [-0.05, 0) is 85.3 Å². The molecule has 0 spiro atoms. The smallest absolute Gasteiger partial charge is 0.00461 e. The third-order valence-corrected chi connectivity index (χ3v) is 6.48. The van der Waals surface area contributed by atoms with Crippen LogP contribution in [0.2, 0.25) is 0 Å². The van der Waals surface area contributed by atoms with E-state index < -0.39 is 0 Å². The fourth-order valence-electron chi connectivity index (χ4n) is 4.76. The van der Waals surface area contributed by atoms with E-state index >= 15 is 0 Å². The molecule has 0 atom stereocenters. The van der Waals surface area contributed by atoms with Gasteiger partial charge < -0.3 is 0 Å². The minimum absolute atomic E-state index is 0.967. The maximum absolute atomic E-state index is 4.64. The van der Waals surface area contributed by atoms with Crippen LogP contribution in [0.4, 0.5) is 0 Å². The lowest BCUT2D eigenvalue weighted by atomic mass is 9.90. The summed E-state index contributed by atoms with van der Waals surface area (Å²) in [6, 6.07) is 34.6. The van der Waals surface area contributed by atoms with Crippen LogP contribution in [-0.4, -0.2) is 0 Å². The van der Waals surface area contributed by atoms with Gasteiger partial charge in [0.05, 0.1) is 0 Å². The predicted octanol–water partition coefficient (Wildman–Crippen LogP) is 7.89. The summed E-state index contributed by atoms with van der Waals surface area (Å²) in [4.78, 5) is 1.94. The zero-order chi connectivity index (χ0) is 20.2. The molecule has 0 saturated carbocycles. The predicted molar refractivity (Wildman–Crippen MR) is 134 cm³/mol. The van der Waals surface area contributed by atoms with Gasteiger partial charge >= 0.3 is 0 Å². The van der Waals surface area contributed by atoms with Crippen LogP contribution in [0.3, 0.4) is 0 Å². The molecule has 0 bridgehead atoms. The Labute approximate surface area is 186 Å². The highest BCUT2D eigenvalue weighted by molar-refractivity contribution is 7.80. The molecule has 2 heteroatoms. The third-order valence-electron chi connectivity index (χ3n) is 5.93. The average Bonchev–Trinajstić information content (AvgIpc) is 3.11. The van der Waals surface area contributed by atoms with Crippen molar-refractivity contribution in [1.29, 1.82) is 0 Å². The number of thiol groups is 2. The number of rotatable bonds is 2. The summed E-state index contributed by atoms with van der Waals surface area (Å²) in [5.41, 5.74) is 7.52. The standard InChI is InChI=1S/C28H18S2/c29-21-10-3-7-19(15-21)25-24-13-5-9-18-14-17-6-1-2-12-23(17)28(26(18)24)27(25)20-8-4-11-22(30)16-20/h1-16,29-30H. The van der Waals surface area contributed by atoms with Gasteiger partial charge in [-0.2, -0.15) is 0 Å². The number of fused-ring (bicyclic) bond motifs is 2. The first kappa shape index (κ1) is 17.9. The van der Waals surface area contributed by atoms with E-state index in [1.165, 1.54) is 54.9 Å². The maximum atomic E-state index is 4.64. The molecule has 5 aromatic rings. The van der Waals surface area contributed by atoms with Crippen LogP contribution in [0.1, 0.15) is 22.3 Å². The molecule has 0 amide bonds. The summed E-state index contributed by atoms with van der Waals surface area (Å²) in [7, 11) is 0. The Bertz CT molecular complexity index is 1510. The molecule has 142 valence electrons. The molecule has 30 heavy (non-hydrogen) atoms. The molecule has 0 unspecified atom stereocenters. The summed E-state index contributed by atoms with van der Waals surface area (Å²) < 4.78 is 0. The van der Waals surface area contributed by atoms with Gasteiger partial charge in [-0.15, -0.1) is 25.3 Å². The number of hydrogen-bond acceptors (Lipinski definition) is 2. The SMILES string of the molecule is Sc1cccc(C2=C(c3cccc(S)c3)c3c4ccccc4cc4cccc2c34)c1. The highest BCUT2D eigenvalue weighted by Gasteiger charge is 2.28. The first-order valence-corrected chi connectivity index (χ1v) is 10.9. The van der Waals surface area contributed by atoms with E-state index in [-0.39, 0.29) is 0 Å². The summed E-state index contributed by atoms with van der Waals surface area (Å²) in [6.07, 6.45) is 0. The highest BCUT2D eigenvalue weighted by atomic mass is 32.1. The Morgan fingerprint density at radius 1 is 0.500 bits per heavy atom. The van der Waals surface area contributed by atoms with Crippen molar-refractivity contribution in [3.8, 4) is 0 Å². The van der Waals surface area contributed by atoms with Crippen LogP contribution in [0.5, 0.6) is 0 Å². The van der Waals surface area contributed by atoms with Gasteiger partial charge in [0.15, 0.2) is 0 Å². The molecule has 0 N–H and O–H groups in total. The molecule has 5 aromatic carbocycles.